The molecule has 0 bridgehead atoms. The molecule has 86 valence electrons. The lowest BCUT2D eigenvalue weighted by Crippen LogP contribution is -2.40. The van der Waals surface area contributed by atoms with Crippen LogP contribution < -0.4 is 5.73 Å². The second-order valence-electron chi connectivity index (χ2n) is 2.93. The molecule has 0 spiro atoms. The molecule has 0 saturated heterocycles. The maximum atomic E-state index is 10.9. The SMILES string of the molecule is C[NH3+].O=S(=O)([O-])c1cccc2ccccc12. The number of fused-ring (bicyclic) bond motifs is 1. The zero-order chi connectivity index (χ0) is 12.2. The largest absolute Gasteiger partial charge is 0.744 e. The van der Waals surface area contributed by atoms with E-state index >= 15 is 0 Å². The van der Waals surface area contributed by atoms with Gasteiger partial charge in [-0.3, -0.25) is 0 Å². The maximum Gasteiger partial charge on any atom is 0.125 e. The van der Waals surface area contributed by atoms with Crippen molar-refractivity contribution in [2.45, 2.75) is 4.90 Å². The van der Waals surface area contributed by atoms with Gasteiger partial charge in [0.1, 0.15) is 10.1 Å². The minimum absolute atomic E-state index is 0.157. The van der Waals surface area contributed by atoms with E-state index in [1.54, 1.807) is 43.4 Å². The Morgan fingerprint density at radius 1 is 1.00 bits per heavy atom. The van der Waals surface area contributed by atoms with Crippen molar-refractivity contribution >= 4 is 20.9 Å². The van der Waals surface area contributed by atoms with Gasteiger partial charge in [-0.1, -0.05) is 36.4 Å². The molecule has 0 aliphatic heterocycles. The summed E-state index contributed by atoms with van der Waals surface area (Å²) in [6.45, 7) is 0. The van der Waals surface area contributed by atoms with E-state index in [9.17, 15) is 13.0 Å². The van der Waals surface area contributed by atoms with Crippen LogP contribution in [0.4, 0.5) is 0 Å². The van der Waals surface area contributed by atoms with Gasteiger partial charge < -0.3 is 10.3 Å². The van der Waals surface area contributed by atoms with Gasteiger partial charge in [-0.15, -0.1) is 0 Å². The third kappa shape index (κ3) is 2.57. The van der Waals surface area contributed by atoms with E-state index in [0.29, 0.717) is 5.39 Å². The topological polar surface area (TPSA) is 84.8 Å². The number of rotatable bonds is 1. The minimum atomic E-state index is -4.38. The van der Waals surface area contributed by atoms with Crippen LogP contribution in [0.3, 0.4) is 0 Å². The van der Waals surface area contributed by atoms with Crippen LogP contribution in [-0.4, -0.2) is 20.0 Å². The van der Waals surface area contributed by atoms with Crippen molar-refractivity contribution in [2.75, 3.05) is 7.05 Å². The Labute approximate surface area is 94.5 Å². The molecule has 0 unspecified atom stereocenters. The van der Waals surface area contributed by atoms with Gasteiger partial charge in [-0.2, -0.15) is 0 Å². The molecule has 0 fully saturated rings. The lowest BCUT2D eigenvalue weighted by molar-refractivity contribution is -0.325. The molecular weight excluding hydrogens is 226 g/mol. The molecule has 16 heavy (non-hydrogen) atoms. The molecule has 4 nitrogen and oxygen atoms in total. The highest BCUT2D eigenvalue weighted by atomic mass is 32.2. The Balaban J connectivity index is 0.000000606. The average molecular weight is 239 g/mol. The average Bonchev–Trinajstić information content (AvgIpc) is 2.30. The van der Waals surface area contributed by atoms with E-state index in [0.717, 1.165) is 5.39 Å². The van der Waals surface area contributed by atoms with Gasteiger partial charge in [0.15, 0.2) is 0 Å². The molecule has 0 aromatic heterocycles. The Morgan fingerprint density at radius 3 is 2.19 bits per heavy atom. The zero-order valence-electron chi connectivity index (χ0n) is 8.88. The standard InChI is InChI=1S/C10H8O3S.CH5N/c11-14(12,13)10-7-3-5-8-4-1-2-6-9(8)10;1-2/h1-7H,(H,11,12,13);2H2,1H3. The third-order valence-electron chi connectivity index (χ3n) is 2.02. The smallest absolute Gasteiger partial charge is 0.125 e. The van der Waals surface area contributed by atoms with Crippen LogP contribution in [0.5, 0.6) is 0 Å². The van der Waals surface area contributed by atoms with Crippen molar-refractivity contribution in [1.82, 2.24) is 0 Å². The van der Waals surface area contributed by atoms with Crippen LogP contribution in [0.1, 0.15) is 0 Å². The van der Waals surface area contributed by atoms with Gasteiger partial charge in [0, 0.05) is 0 Å². The highest BCUT2D eigenvalue weighted by molar-refractivity contribution is 7.86. The van der Waals surface area contributed by atoms with E-state index in [-0.39, 0.29) is 4.90 Å². The van der Waals surface area contributed by atoms with E-state index in [4.69, 9.17) is 0 Å². The zero-order valence-corrected chi connectivity index (χ0v) is 9.70. The summed E-state index contributed by atoms with van der Waals surface area (Å²) < 4.78 is 32.7. The Hall–Kier alpha value is -1.43. The first kappa shape index (κ1) is 12.6. The lowest BCUT2D eigenvalue weighted by Gasteiger charge is -2.09. The predicted molar refractivity (Wildman–Crippen MR) is 60.7 cm³/mol. The fourth-order valence-electron chi connectivity index (χ4n) is 1.41. The summed E-state index contributed by atoms with van der Waals surface area (Å²) in [5.41, 5.74) is 3.25. The summed E-state index contributed by atoms with van der Waals surface area (Å²) >= 11 is 0. The van der Waals surface area contributed by atoms with Gasteiger partial charge in [0.25, 0.3) is 0 Å². The van der Waals surface area contributed by atoms with Crippen LogP contribution in [0, 0.1) is 0 Å². The summed E-state index contributed by atoms with van der Waals surface area (Å²) in [4.78, 5) is -0.157. The van der Waals surface area contributed by atoms with E-state index < -0.39 is 10.1 Å². The van der Waals surface area contributed by atoms with Gasteiger partial charge in [0.05, 0.1) is 11.9 Å². The van der Waals surface area contributed by atoms with Crippen LogP contribution in [0.2, 0.25) is 0 Å². The molecule has 0 heterocycles. The van der Waals surface area contributed by atoms with Gasteiger partial charge in [0.2, 0.25) is 0 Å². The van der Waals surface area contributed by atoms with Crippen LogP contribution in [0.15, 0.2) is 47.4 Å². The summed E-state index contributed by atoms with van der Waals surface area (Å²) in [7, 11) is -2.63. The summed E-state index contributed by atoms with van der Waals surface area (Å²) in [6.07, 6.45) is 0. The number of quaternary nitrogens is 1. The second kappa shape index (κ2) is 5.07. The molecule has 2 aromatic carbocycles. The number of hydrogen-bond donors (Lipinski definition) is 1. The van der Waals surface area contributed by atoms with E-state index in [1.165, 1.54) is 6.07 Å². The van der Waals surface area contributed by atoms with Crippen LogP contribution in [-0.2, 0) is 10.1 Å². The van der Waals surface area contributed by atoms with Crippen molar-refractivity contribution in [2.24, 2.45) is 0 Å². The summed E-state index contributed by atoms with van der Waals surface area (Å²) in [5, 5.41) is 1.23. The molecule has 2 aromatic rings. The second-order valence-corrected chi connectivity index (χ2v) is 4.28. The number of hydrogen-bond acceptors (Lipinski definition) is 3. The summed E-state index contributed by atoms with van der Waals surface area (Å²) in [6, 6.07) is 11.5. The molecule has 0 amide bonds. The highest BCUT2D eigenvalue weighted by Gasteiger charge is 2.05. The Kier molecular flexibility index (Phi) is 4.00. The monoisotopic (exact) mass is 239 g/mol. The molecular formula is C11H13NO3S. The first-order valence-electron chi connectivity index (χ1n) is 4.73. The van der Waals surface area contributed by atoms with Gasteiger partial charge in [-0.05, 0) is 16.8 Å². The van der Waals surface area contributed by atoms with E-state index in [2.05, 4.69) is 5.73 Å². The predicted octanol–water partition coefficient (Wildman–Crippen LogP) is 0.602. The van der Waals surface area contributed by atoms with E-state index in [1.807, 2.05) is 0 Å². The molecule has 3 N–H and O–H groups in total. The fourth-order valence-corrected chi connectivity index (χ4v) is 2.11. The normalized spacial score (nSPS) is 10.7. The Morgan fingerprint density at radius 2 is 1.56 bits per heavy atom. The maximum absolute atomic E-state index is 10.9. The lowest BCUT2D eigenvalue weighted by atomic mass is 10.1. The van der Waals surface area contributed by atoms with Crippen molar-refractivity contribution in [1.29, 1.82) is 0 Å². The summed E-state index contributed by atoms with van der Waals surface area (Å²) in [5.74, 6) is 0. The van der Waals surface area contributed by atoms with Crippen molar-refractivity contribution in [3.8, 4) is 0 Å². The molecule has 0 aliphatic carbocycles. The minimum Gasteiger partial charge on any atom is -0.744 e. The third-order valence-corrected chi connectivity index (χ3v) is 2.91. The quantitative estimate of drug-likeness (QED) is 0.739. The molecule has 0 aliphatic rings. The molecule has 2 rings (SSSR count). The van der Waals surface area contributed by atoms with Crippen molar-refractivity contribution < 1.29 is 18.7 Å². The first-order valence-corrected chi connectivity index (χ1v) is 6.14. The number of benzene rings is 2. The van der Waals surface area contributed by atoms with Crippen LogP contribution in [0.25, 0.3) is 10.8 Å². The van der Waals surface area contributed by atoms with Gasteiger partial charge >= 0.3 is 0 Å². The first-order chi connectivity index (χ1) is 7.59. The molecule has 0 atom stereocenters. The van der Waals surface area contributed by atoms with Gasteiger partial charge in [-0.25, -0.2) is 8.42 Å². The molecule has 0 radical (unpaired) electrons. The Bertz CT molecular complexity index is 573. The highest BCUT2D eigenvalue weighted by Crippen LogP contribution is 2.21. The van der Waals surface area contributed by atoms with Crippen LogP contribution >= 0.6 is 0 Å². The van der Waals surface area contributed by atoms with Crippen molar-refractivity contribution in [3.63, 3.8) is 0 Å². The van der Waals surface area contributed by atoms with Crippen molar-refractivity contribution in [3.05, 3.63) is 42.5 Å². The molecule has 0 saturated carbocycles. The fraction of sp³-hybridized carbons (Fsp3) is 0.0909. The molecule has 5 heteroatoms.